The van der Waals surface area contributed by atoms with E-state index in [0.29, 0.717) is 23.5 Å². The van der Waals surface area contributed by atoms with Crippen LogP contribution in [-0.4, -0.2) is 26.2 Å². The number of halogens is 1. The van der Waals surface area contributed by atoms with Crippen LogP contribution >= 0.6 is 24.0 Å². The summed E-state index contributed by atoms with van der Waals surface area (Å²) in [6.45, 7) is 0. The van der Waals surface area contributed by atoms with E-state index in [4.69, 9.17) is 15.2 Å². The Morgan fingerprint density at radius 3 is 2.47 bits per heavy atom. The molecule has 0 amide bonds. The van der Waals surface area contributed by atoms with Crippen molar-refractivity contribution in [3.05, 3.63) is 18.2 Å². The Balaban J connectivity index is 0.00000180. The van der Waals surface area contributed by atoms with Crippen molar-refractivity contribution in [1.82, 2.24) is 0 Å². The number of hydrogen-bond donors (Lipinski definition) is 2. The second-order valence-electron chi connectivity index (χ2n) is 4.29. The monoisotopic (exact) mass is 377 g/mol. The van der Waals surface area contributed by atoms with Gasteiger partial charge in [-0.2, -0.15) is 0 Å². The molecule has 1 fully saturated rings. The van der Waals surface area contributed by atoms with Gasteiger partial charge in [0.25, 0.3) is 0 Å². The normalized spacial score (nSPS) is 15.2. The lowest BCUT2D eigenvalue weighted by Crippen LogP contribution is -2.27. The predicted molar refractivity (Wildman–Crippen MR) is 87.8 cm³/mol. The Morgan fingerprint density at radius 2 is 1.95 bits per heavy atom. The third kappa shape index (κ3) is 4.15. The van der Waals surface area contributed by atoms with Crippen molar-refractivity contribution in [1.29, 1.82) is 0 Å². The van der Waals surface area contributed by atoms with Crippen LogP contribution in [0.3, 0.4) is 0 Å². The molecule has 0 radical (unpaired) electrons. The van der Waals surface area contributed by atoms with E-state index < -0.39 is 0 Å². The zero-order valence-electron chi connectivity index (χ0n) is 11.2. The van der Waals surface area contributed by atoms with Crippen molar-refractivity contribution in [3.63, 3.8) is 0 Å². The van der Waals surface area contributed by atoms with Gasteiger partial charge >= 0.3 is 0 Å². The Hall–Kier alpha value is -1.18. The lowest BCUT2D eigenvalue weighted by atomic mass is 9.94. The van der Waals surface area contributed by atoms with Crippen molar-refractivity contribution < 1.29 is 9.47 Å². The minimum absolute atomic E-state index is 0. The van der Waals surface area contributed by atoms with Crippen LogP contribution in [0.1, 0.15) is 19.3 Å². The maximum absolute atomic E-state index is 5.85. The van der Waals surface area contributed by atoms with Crippen LogP contribution in [0.15, 0.2) is 23.2 Å². The van der Waals surface area contributed by atoms with Crippen LogP contribution in [0.5, 0.6) is 11.5 Å². The maximum Gasteiger partial charge on any atom is 0.193 e. The van der Waals surface area contributed by atoms with Crippen LogP contribution < -0.4 is 20.5 Å². The van der Waals surface area contributed by atoms with Crippen molar-refractivity contribution >= 4 is 35.6 Å². The number of nitrogens with two attached hydrogens (primary N) is 1. The van der Waals surface area contributed by atoms with Gasteiger partial charge in [0.2, 0.25) is 0 Å². The predicted octanol–water partition coefficient (Wildman–Crippen LogP) is 2.60. The van der Waals surface area contributed by atoms with Gasteiger partial charge in [0.15, 0.2) is 17.5 Å². The van der Waals surface area contributed by atoms with Crippen molar-refractivity contribution in [3.8, 4) is 11.5 Å². The molecule has 106 valence electrons. The fourth-order valence-electron chi connectivity index (χ4n) is 1.81. The molecule has 2 rings (SSSR count). The highest BCUT2D eigenvalue weighted by atomic mass is 127. The number of methoxy groups -OCH3 is 2. The molecule has 1 aliphatic carbocycles. The summed E-state index contributed by atoms with van der Waals surface area (Å²) in [5.41, 5.74) is 6.69. The van der Waals surface area contributed by atoms with E-state index in [9.17, 15) is 0 Å². The lowest BCUT2D eigenvalue weighted by molar-refractivity contribution is 0.355. The van der Waals surface area contributed by atoms with Gasteiger partial charge < -0.3 is 20.5 Å². The topological polar surface area (TPSA) is 68.9 Å². The number of hydrogen-bond acceptors (Lipinski definition) is 3. The summed E-state index contributed by atoms with van der Waals surface area (Å²) in [4.78, 5) is 4.39. The number of aliphatic imine (C=N–C) groups is 1. The summed E-state index contributed by atoms with van der Waals surface area (Å²) < 4.78 is 10.4. The van der Waals surface area contributed by atoms with Gasteiger partial charge in [-0.3, -0.25) is 0 Å². The van der Waals surface area contributed by atoms with Gasteiger partial charge in [-0.25, -0.2) is 4.99 Å². The van der Waals surface area contributed by atoms with Crippen LogP contribution in [0.25, 0.3) is 0 Å². The molecule has 1 saturated carbocycles. The molecule has 0 atom stereocenters. The van der Waals surface area contributed by atoms with Crippen molar-refractivity contribution in [2.24, 2.45) is 10.7 Å². The fourth-order valence-corrected chi connectivity index (χ4v) is 1.81. The summed E-state index contributed by atoms with van der Waals surface area (Å²) in [5.74, 6) is 1.81. The zero-order chi connectivity index (χ0) is 13.0. The van der Waals surface area contributed by atoms with Gasteiger partial charge in [-0.05, 0) is 31.4 Å². The van der Waals surface area contributed by atoms with Gasteiger partial charge in [0.05, 0.1) is 20.3 Å². The van der Waals surface area contributed by atoms with Gasteiger partial charge in [-0.1, -0.05) is 0 Å². The van der Waals surface area contributed by atoms with E-state index >= 15 is 0 Å². The highest BCUT2D eigenvalue weighted by Crippen LogP contribution is 2.29. The van der Waals surface area contributed by atoms with Gasteiger partial charge in [0, 0.05) is 11.8 Å². The lowest BCUT2D eigenvalue weighted by Gasteiger charge is -2.21. The first kappa shape index (κ1) is 15.9. The maximum atomic E-state index is 5.85. The second kappa shape index (κ2) is 7.42. The molecule has 1 aliphatic rings. The molecule has 19 heavy (non-hydrogen) atoms. The van der Waals surface area contributed by atoms with Crippen molar-refractivity contribution in [2.45, 2.75) is 25.3 Å². The van der Waals surface area contributed by atoms with Crippen molar-refractivity contribution in [2.75, 3.05) is 19.5 Å². The smallest absolute Gasteiger partial charge is 0.193 e. The summed E-state index contributed by atoms with van der Waals surface area (Å²) >= 11 is 0. The molecule has 0 heterocycles. The molecular weight excluding hydrogens is 357 g/mol. The molecule has 0 spiro atoms. The Morgan fingerprint density at radius 1 is 1.26 bits per heavy atom. The summed E-state index contributed by atoms with van der Waals surface area (Å²) in [6.07, 6.45) is 3.51. The van der Waals surface area contributed by atoms with E-state index in [1.807, 2.05) is 18.2 Å². The number of benzene rings is 1. The second-order valence-corrected chi connectivity index (χ2v) is 4.29. The summed E-state index contributed by atoms with van der Waals surface area (Å²) in [5, 5.41) is 3.06. The van der Waals surface area contributed by atoms with Gasteiger partial charge in [-0.15, -0.1) is 24.0 Å². The average Bonchev–Trinajstić information content (AvgIpc) is 2.33. The third-order valence-electron chi connectivity index (χ3n) is 3.05. The number of anilines is 1. The number of guanidine groups is 1. The van der Waals surface area contributed by atoms with E-state index in [1.54, 1.807) is 14.2 Å². The first-order valence-electron chi connectivity index (χ1n) is 6.05. The Kier molecular flexibility index (Phi) is 6.20. The van der Waals surface area contributed by atoms with E-state index in [2.05, 4.69) is 10.3 Å². The molecule has 1 aromatic rings. The molecule has 1 aromatic carbocycles. The minimum Gasteiger partial charge on any atom is -0.493 e. The first-order valence-corrected chi connectivity index (χ1v) is 6.05. The molecule has 0 unspecified atom stereocenters. The Bertz CT molecular complexity index is 448. The fraction of sp³-hybridized carbons (Fsp3) is 0.462. The third-order valence-corrected chi connectivity index (χ3v) is 3.05. The average molecular weight is 377 g/mol. The molecular formula is C13H20IN3O2. The molecule has 0 bridgehead atoms. The standard InChI is InChI=1S/C13H19N3O2.HI/c1-17-11-7-6-10(8-12(11)18-2)16-13(14)15-9-4-3-5-9;/h6-9H,3-5H2,1-2H3,(H3,14,15,16);1H. The van der Waals surface area contributed by atoms with E-state index in [-0.39, 0.29) is 24.0 Å². The number of nitrogens with one attached hydrogen (secondary N) is 1. The highest BCUT2D eigenvalue weighted by molar-refractivity contribution is 14.0. The SMILES string of the molecule is COc1ccc(NC(N)=NC2CCC2)cc1OC.I. The molecule has 0 saturated heterocycles. The quantitative estimate of drug-likeness (QED) is 0.481. The molecule has 3 N–H and O–H groups in total. The highest BCUT2D eigenvalue weighted by Gasteiger charge is 2.16. The summed E-state index contributed by atoms with van der Waals surface area (Å²) in [7, 11) is 3.21. The van der Waals surface area contributed by atoms with Gasteiger partial charge in [0.1, 0.15) is 0 Å². The number of ether oxygens (including phenoxy) is 2. The van der Waals surface area contributed by atoms with E-state index in [0.717, 1.165) is 18.5 Å². The molecule has 0 aliphatic heterocycles. The number of rotatable bonds is 4. The Labute approximate surface area is 130 Å². The molecule has 5 nitrogen and oxygen atoms in total. The van der Waals surface area contributed by atoms with Crippen LogP contribution in [0, 0.1) is 0 Å². The largest absolute Gasteiger partial charge is 0.493 e. The van der Waals surface area contributed by atoms with Crippen LogP contribution in [0.2, 0.25) is 0 Å². The molecule has 6 heteroatoms. The first-order chi connectivity index (χ1) is 8.72. The van der Waals surface area contributed by atoms with Crippen LogP contribution in [0.4, 0.5) is 5.69 Å². The zero-order valence-corrected chi connectivity index (χ0v) is 13.5. The molecule has 0 aromatic heterocycles. The summed E-state index contributed by atoms with van der Waals surface area (Å²) in [6, 6.07) is 5.93. The van der Waals surface area contributed by atoms with Crippen LogP contribution in [-0.2, 0) is 0 Å². The van der Waals surface area contributed by atoms with E-state index in [1.165, 1.54) is 6.42 Å². The number of nitrogens with zero attached hydrogens (tertiary/aromatic N) is 1. The minimum atomic E-state index is 0.